The molecule has 0 N–H and O–H groups in total. The van der Waals surface area contributed by atoms with Gasteiger partial charge in [0.15, 0.2) is 0 Å². The SMILES string of the molecule is CN1CCC(C(=O)O[C@H]2CC[C@@]3(C)C(=CC[C@@H]4[C@@H]3CC[C@]3(C)C(c5cccnc5)=CC[C@@H]43)C2)C1. The summed E-state index contributed by atoms with van der Waals surface area (Å²) in [6, 6.07) is 4.32. The first-order valence-electron chi connectivity index (χ1n) is 13.6. The van der Waals surface area contributed by atoms with E-state index in [9.17, 15) is 4.79 Å². The second-order valence-electron chi connectivity index (χ2n) is 12.4. The summed E-state index contributed by atoms with van der Waals surface area (Å²) < 4.78 is 6.08. The molecule has 4 nitrogen and oxygen atoms in total. The number of carbonyl (C=O) groups excluding carboxylic acids is 1. The molecule has 4 aliphatic carbocycles. The van der Waals surface area contributed by atoms with Gasteiger partial charge >= 0.3 is 5.97 Å². The van der Waals surface area contributed by atoms with E-state index >= 15 is 0 Å². The number of rotatable bonds is 3. The zero-order chi connectivity index (χ0) is 23.5. The molecule has 0 radical (unpaired) electrons. The minimum absolute atomic E-state index is 0.0423. The number of carbonyl (C=O) groups is 1. The molecule has 4 heteroatoms. The van der Waals surface area contributed by atoms with Crippen LogP contribution >= 0.6 is 0 Å². The molecule has 2 heterocycles. The van der Waals surface area contributed by atoms with Gasteiger partial charge in [-0.25, -0.2) is 0 Å². The Morgan fingerprint density at radius 1 is 1.09 bits per heavy atom. The molecule has 7 atom stereocenters. The van der Waals surface area contributed by atoms with Crippen LogP contribution in [0.5, 0.6) is 0 Å². The minimum Gasteiger partial charge on any atom is -0.462 e. The van der Waals surface area contributed by atoms with Crippen LogP contribution in [0.15, 0.2) is 42.3 Å². The van der Waals surface area contributed by atoms with Gasteiger partial charge in [0.25, 0.3) is 0 Å². The molecule has 3 fully saturated rings. The fraction of sp³-hybridized carbons (Fsp3) is 0.667. The number of nitrogens with zero attached hydrogens (tertiary/aromatic N) is 2. The van der Waals surface area contributed by atoms with Crippen molar-refractivity contribution in [2.75, 3.05) is 20.1 Å². The largest absolute Gasteiger partial charge is 0.462 e. The van der Waals surface area contributed by atoms with Crippen LogP contribution in [0.2, 0.25) is 0 Å². The number of fused-ring (bicyclic) bond motifs is 5. The summed E-state index contributed by atoms with van der Waals surface area (Å²) in [4.78, 5) is 19.4. The van der Waals surface area contributed by atoms with Gasteiger partial charge in [0.2, 0.25) is 0 Å². The van der Waals surface area contributed by atoms with Crippen LogP contribution in [0, 0.1) is 34.5 Å². The van der Waals surface area contributed by atoms with Gasteiger partial charge in [-0.05, 0) is 104 Å². The van der Waals surface area contributed by atoms with Crippen LogP contribution < -0.4 is 0 Å². The fourth-order valence-corrected chi connectivity index (χ4v) is 8.65. The Morgan fingerprint density at radius 3 is 2.71 bits per heavy atom. The van der Waals surface area contributed by atoms with Crippen molar-refractivity contribution in [3.8, 4) is 0 Å². The summed E-state index contributed by atoms with van der Waals surface area (Å²) in [5.74, 6) is 2.35. The Bertz CT molecular complexity index is 1020. The van der Waals surface area contributed by atoms with Crippen LogP contribution in [0.25, 0.3) is 5.57 Å². The minimum atomic E-state index is 0.0423. The Kier molecular flexibility index (Phi) is 5.51. The lowest BCUT2D eigenvalue weighted by molar-refractivity contribution is -0.155. The van der Waals surface area contributed by atoms with E-state index in [1.165, 1.54) is 36.8 Å². The van der Waals surface area contributed by atoms with Gasteiger partial charge in [-0.15, -0.1) is 0 Å². The zero-order valence-electron chi connectivity index (χ0n) is 21.1. The maximum absolute atomic E-state index is 12.8. The molecule has 0 bridgehead atoms. The molecule has 0 amide bonds. The lowest BCUT2D eigenvalue weighted by atomic mass is 9.47. The first-order chi connectivity index (χ1) is 16.4. The van der Waals surface area contributed by atoms with Crippen LogP contribution in [-0.4, -0.2) is 42.1 Å². The standard InChI is InChI=1S/C30H40N2O2/c1-29-13-10-23(34-28(33)21-12-16-32(3)19-21)17-22(29)6-7-24-26-9-8-25(20-5-4-15-31-18-20)30(26,2)14-11-27(24)29/h4-6,8,15,18,21,23-24,26-27H,7,9-14,16-17,19H2,1-3H3/t21?,23-,24-,26-,27-,29-,30+/m0/s1. The van der Waals surface area contributed by atoms with Crippen molar-refractivity contribution in [1.82, 2.24) is 9.88 Å². The van der Waals surface area contributed by atoms with Crippen molar-refractivity contribution in [1.29, 1.82) is 0 Å². The van der Waals surface area contributed by atoms with E-state index in [2.05, 4.69) is 61.3 Å². The average molecular weight is 461 g/mol. The number of ether oxygens (including phenoxy) is 1. The monoisotopic (exact) mass is 460 g/mol. The topological polar surface area (TPSA) is 42.4 Å². The van der Waals surface area contributed by atoms with E-state index in [-0.39, 0.29) is 28.8 Å². The average Bonchev–Trinajstić information content (AvgIpc) is 3.43. The fourth-order valence-electron chi connectivity index (χ4n) is 8.65. The number of esters is 1. The molecule has 1 aromatic rings. The molecule has 1 saturated heterocycles. The third-order valence-electron chi connectivity index (χ3n) is 10.6. The van der Waals surface area contributed by atoms with Gasteiger partial charge in [-0.2, -0.15) is 0 Å². The highest BCUT2D eigenvalue weighted by atomic mass is 16.5. The molecule has 1 aromatic heterocycles. The first kappa shape index (κ1) is 22.5. The normalized spacial score (nSPS) is 41.7. The highest BCUT2D eigenvalue weighted by Gasteiger charge is 2.57. The van der Waals surface area contributed by atoms with E-state index in [0.717, 1.165) is 56.5 Å². The molecular weight excluding hydrogens is 420 g/mol. The summed E-state index contributed by atoms with van der Waals surface area (Å²) in [6.45, 7) is 6.92. The highest BCUT2D eigenvalue weighted by Crippen LogP contribution is 2.66. The van der Waals surface area contributed by atoms with Crippen molar-refractivity contribution in [2.24, 2.45) is 34.5 Å². The van der Waals surface area contributed by atoms with Gasteiger partial charge in [-0.3, -0.25) is 9.78 Å². The third-order valence-corrected chi connectivity index (χ3v) is 10.6. The maximum atomic E-state index is 12.8. The summed E-state index contributed by atoms with van der Waals surface area (Å²) in [7, 11) is 2.09. The number of likely N-dealkylation sites (tertiary alicyclic amines) is 1. The van der Waals surface area contributed by atoms with E-state index < -0.39 is 0 Å². The molecule has 6 rings (SSSR count). The van der Waals surface area contributed by atoms with Gasteiger partial charge < -0.3 is 9.64 Å². The second kappa shape index (κ2) is 8.33. The van der Waals surface area contributed by atoms with Gasteiger partial charge in [0, 0.05) is 25.4 Å². The van der Waals surface area contributed by atoms with E-state index in [1.54, 1.807) is 5.57 Å². The smallest absolute Gasteiger partial charge is 0.310 e. The molecule has 1 unspecified atom stereocenters. The van der Waals surface area contributed by atoms with E-state index in [1.807, 2.05) is 6.20 Å². The number of hydrogen-bond acceptors (Lipinski definition) is 4. The van der Waals surface area contributed by atoms with Crippen molar-refractivity contribution in [3.63, 3.8) is 0 Å². The summed E-state index contributed by atoms with van der Waals surface area (Å²) in [5, 5.41) is 0. The van der Waals surface area contributed by atoms with Crippen molar-refractivity contribution in [2.45, 2.75) is 71.3 Å². The third kappa shape index (κ3) is 3.51. The molecule has 5 aliphatic rings. The van der Waals surface area contributed by atoms with Crippen molar-refractivity contribution >= 4 is 11.5 Å². The Labute approximate surface area is 204 Å². The van der Waals surface area contributed by atoms with Crippen LogP contribution in [-0.2, 0) is 9.53 Å². The molecule has 1 aliphatic heterocycles. The summed E-state index contributed by atoms with van der Waals surface area (Å²) >= 11 is 0. The van der Waals surface area contributed by atoms with Gasteiger partial charge in [-0.1, -0.05) is 37.6 Å². The lowest BCUT2D eigenvalue weighted by Crippen LogP contribution is -2.50. The van der Waals surface area contributed by atoms with Gasteiger partial charge in [0.05, 0.1) is 5.92 Å². The van der Waals surface area contributed by atoms with Crippen molar-refractivity contribution < 1.29 is 9.53 Å². The quantitative estimate of drug-likeness (QED) is 0.416. The number of aromatic nitrogens is 1. The predicted molar refractivity (Wildman–Crippen MR) is 135 cm³/mol. The van der Waals surface area contributed by atoms with Crippen LogP contribution in [0.1, 0.15) is 70.8 Å². The molecule has 0 spiro atoms. The maximum Gasteiger partial charge on any atom is 0.310 e. The highest BCUT2D eigenvalue weighted by molar-refractivity contribution is 5.73. The number of allylic oxidation sites excluding steroid dienone is 3. The van der Waals surface area contributed by atoms with Crippen LogP contribution in [0.3, 0.4) is 0 Å². The van der Waals surface area contributed by atoms with Crippen molar-refractivity contribution in [3.05, 3.63) is 47.8 Å². The molecule has 34 heavy (non-hydrogen) atoms. The first-order valence-corrected chi connectivity index (χ1v) is 13.6. The Hall–Kier alpha value is -1.94. The molecule has 0 aromatic carbocycles. The molecule has 182 valence electrons. The van der Waals surface area contributed by atoms with E-state index in [0.29, 0.717) is 0 Å². The van der Waals surface area contributed by atoms with Gasteiger partial charge in [0.1, 0.15) is 6.10 Å². The van der Waals surface area contributed by atoms with Crippen LogP contribution in [0.4, 0.5) is 0 Å². The molecular formula is C30H40N2O2. The Balaban J connectivity index is 1.17. The molecule has 2 saturated carbocycles. The Morgan fingerprint density at radius 2 is 1.94 bits per heavy atom. The predicted octanol–water partition coefficient (Wildman–Crippen LogP) is 5.90. The lowest BCUT2D eigenvalue weighted by Gasteiger charge is -2.57. The second-order valence-corrected chi connectivity index (χ2v) is 12.4. The number of pyridine rings is 1. The van der Waals surface area contributed by atoms with E-state index in [4.69, 9.17) is 4.74 Å². The summed E-state index contributed by atoms with van der Waals surface area (Å²) in [6.07, 6.45) is 18.2. The number of hydrogen-bond donors (Lipinski definition) is 0. The zero-order valence-corrected chi connectivity index (χ0v) is 21.1. The summed E-state index contributed by atoms with van der Waals surface area (Å²) in [5.41, 5.74) is 4.99.